The van der Waals surface area contributed by atoms with Crippen LogP contribution in [-0.4, -0.2) is 50.9 Å². The summed E-state index contributed by atoms with van der Waals surface area (Å²) in [7, 11) is 4.74. The highest BCUT2D eigenvalue weighted by Crippen LogP contribution is 2.25. The third-order valence-electron chi connectivity index (χ3n) is 4.81. The number of rotatable bonds is 10. The van der Waals surface area contributed by atoms with Crippen molar-refractivity contribution in [3.05, 3.63) is 52.9 Å². The number of aromatic nitrogens is 1. The number of esters is 1. The van der Waals surface area contributed by atoms with Crippen LogP contribution in [0, 0.1) is 13.8 Å². The molecule has 1 aromatic heterocycles. The predicted octanol–water partition coefficient (Wildman–Crippen LogP) is 3.77. The minimum Gasteiger partial charge on any atom is -0.497 e. The first kappa shape index (κ1) is 23.2. The van der Waals surface area contributed by atoms with Gasteiger partial charge in [0.15, 0.2) is 6.61 Å². The zero-order valence-electron chi connectivity index (χ0n) is 18.4. The van der Waals surface area contributed by atoms with E-state index in [1.807, 2.05) is 31.4 Å². The van der Waals surface area contributed by atoms with E-state index in [0.29, 0.717) is 29.2 Å². The van der Waals surface area contributed by atoms with Gasteiger partial charge in [-0.2, -0.15) is 0 Å². The molecule has 0 bridgehead atoms. The fourth-order valence-electron chi connectivity index (χ4n) is 3.44. The van der Waals surface area contributed by atoms with Gasteiger partial charge >= 0.3 is 5.97 Å². The zero-order valence-corrected chi connectivity index (χ0v) is 18.4. The summed E-state index contributed by atoms with van der Waals surface area (Å²) in [6.07, 6.45) is 2.82. The molecule has 1 heterocycles. The van der Waals surface area contributed by atoms with E-state index >= 15 is 0 Å². The van der Waals surface area contributed by atoms with Gasteiger partial charge in [0.25, 0.3) is 0 Å². The van der Waals surface area contributed by atoms with Crippen LogP contribution >= 0.6 is 0 Å². The van der Waals surface area contributed by atoms with E-state index in [1.165, 1.54) is 6.08 Å². The third-order valence-corrected chi connectivity index (χ3v) is 4.81. The van der Waals surface area contributed by atoms with E-state index in [9.17, 15) is 9.59 Å². The van der Waals surface area contributed by atoms with Crippen molar-refractivity contribution < 1.29 is 28.5 Å². The fraction of sp³-hybridized carbons (Fsp3) is 0.391. The monoisotopic (exact) mass is 415 g/mol. The molecule has 2 rings (SSSR count). The quantitative estimate of drug-likeness (QED) is 0.334. The number of ketones is 1. The minimum absolute atomic E-state index is 0.0971. The Balaban J connectivity index is 2.04. The highest BCUT2D eigenvalue weighted by Gasteiger charge is 2.19. The Hall–Kier alpha value is -3.06. The summed E-state index contributed by atoms with van der Waals surface area (Å²) in [6.45, 7) is 6.05. The van der Waals surface area contributed by atoms with Gasteiger partial charge in [-0.05, 0) is 51.1 Å². The normalized spacial score (nSPS) is 12.1. The van der Waals surface area contributed by atoms with Crippen LogP contribution in [0.5, 0.6) is 11.5 Å². The van der Waals surface area contributed by atoms with Crippen LogP contribution in [-0.2, 0) is 14.3 Å². The molecule has 0 aliphatic heterocycles. The Labute approximate surface area is 177 Å². The van der Waals surface area contributed by atoms with Gasteiger partial charge in [0.2, 0.25) is 5.78 Å². The maximum atomic E-state index is 12.6. The third kappa shape index (κ3) is 5.51. The molecule has 7 nitrogen and oxygen atoms in total. The van der Waals surface area contributed by atoms with E-state index in [2.05, 4.69) is 0 Å². The minimum atomic E-state index is -0.616. The van der Waals surface area contributed by atoms with E-state index < -0.39 is 5.97 Å². The number of methoxy groups -OCH3 is 3. The lowest BCUT2D eigenvalue weighted by Crippen LogP contribution is -2.16. The Bertz CT molecular complexity index is 928. The van der Waals surface area contributed by atoms with E-state index in [4.69, 9.17) is 18.9 Å². The number of Topliss-reactive ketones (excluding diaryl/α,β-unsaturated/α-hetero) is 1. The van der Waals surface area contributed by atoms with Crippen LogP contribution in [0.25, 0.3) is 6.08 Å². The Morgan fingerprint density at radius 2 is 1.83 bits per heavy atom. The van der Waals surface area contributed by atoms with Gasteiger partial charge < -0.3 is 23.5 Å². The molecular formula is C23H29NO6. The van der Waals surface area contributed by atoms with Crippen LogP contribution in [0.15, 0.2) is 30.3 Å². The van der Waals surface area contributed by atoms with Gasteiger partial charge in [-0.1, -0.05) is 0 Å². The average molecular weight is 415 g/mol. The molecule has 0 saturated carbocycles. The molecule has 30 heavy (non-hydrogen) atoms. The lowest BCUT2D eigenvalue weighted by molar-refractivity contribution is -0.136. The maximum Gasteiger partial charge on any atom is 0.331 e. The van der Waals surface area contributed by atoms with Gasteiger partial charge in [-0.25, -0.2) is 4.79 Å². The molecular weight excluding hydrogens is 386 g/mol. The van der Waals surface area contributed by atoms with Gasteiger partial charge in [0.1, 0.15) is 11.5 Å². The second-order valence-electron chi connectivity index (χ2n) is 6.93. The molecule has 0 spiro atoms. The Morgan fingerprint density at radius 1 is 1.10 bits per heavy atom. The van der Waals surface area contributed by atoms with Crippen LogP contribution in [0.4, 0.5) is 0 Å². The van der Waals surface area contributed by atoms with Crippen LogP contribution < -0.4 is 9.47 Å². The summed E-state index contributed by atoms with van der Waals surface area (Å²) in [6, 6.07) is 7.16. The Morgan fingerprint density at radius 3 is 2.47 bits per heavy atom. The Kier molecular flexibility index (Phi) is 8.24. The van der Waals surface area contributed by atoms with E-state index in [1.54, 1.807) is 45.6 Å². The van der Waals surface area contributed by atoms with Crippen molar-refractivity contribution in [3.63, 3.8) is 0 Å². The van der Waals surface area contributed by atoms with Crippen molar-refractivity contribution in [2.75, 3.05) is 34.5 Å². The molecule has 0 radical (unpaired) electrons. The second kappa shape index (κ2) is 10.6. The standard InChI is InChI=1S/C23H29NO6/c1-15-11-20(17(3)24(15)16(2)13-27-4)21(25)14-30-23(26)10-7-18-12-19(28-5)8-9-22(18)29-6/h7-12,16H,13-14H2,1-6H3/b10-7+/t16-/m0/s1. The molecule has 0 aliphatic carbocycles. The number of aryl methyl sites for hydroxylation is 1. The number of nitrogens with zero attached hydrogens (tertiary/aromatic N) is 1. The smallest absolute Gasteiger partial charge is 0.331 e. The molecule has 1 aromatic carbocycles. The molecule has 0 fully saturated rings. The molecule has 0 saturated heterocycles. The number of hydrogen-bond donors (Lipinski definition) is 0. The van der Waals surface area contributed by atoms with Gasteiger partial charge in [0.05, 0.1) is 26.9 Å². The van der Waals surface area contributed by atoms with Gasteiger partial charge in [-0.3, -0.25) is 4.79 Å². The number of benzene rings is 1. The van der Waals surface area contributed by atoms with Crippen molar-refractivity contribution in [3.8, 4) is 11.5 Å². The number of carbonyl (C=O) groups is 2. The summed E-state index contributed by atoms with van der Waals surface area (Å²) in [5, 5.41) is 0. The topological polar surface area (TPSA) is 76.0 Å². The second-order valence-corrected chi connectivity index (χ2v) is 6.93. The van der Waals surface area contributed by atoms with Crippen molar-refractivity contribution in [2.24, 2.45) is 0 Å². The summed E-state index contributed by atoms with van der Waals surface area (Å²) < 4.78 is 22.9. The molecule has 0 unspecified atom stereocenters. The summed E-state index contributed by atoms with van der Waals surface area (Å²) in [5.41, 5.74) is 2.99. The summed E-state index contributed by atoms with van der Waals surface area (Å²) in [5.74, 6) is 0.361. The molecule has 1 atom stereocenters. The molecule has 2 aromatic rings. The van der Waals surface area contributed by atoms with E-state index in [-0.39, 0.29) is 18.4 Å². The van der Waals surface area contributed by atoms with Crippen molar-refractivity contribution in [1.29, 1.82) is 0 Å². The highest BCUT2D eigenvalue weighted by atomic mass is 16.5. The summed E-state index contributed by atoms with van der Waals surface area (Å²) in [4.78, 5) is 24.7. The predicted molar refractivity (Wildman–Crippen MR) is 114 cm³/mol. The molecule has 0 amide bonds. The number of ether oxygens (including phenoxy) is 4. The lowest BCUT2D eigenvalue weighted by atomic mass is 10.1. The van der Waals surface area contributed by atoms with Crippen LogP contribution in [0.2, 0.25) is 0 Å². The van der Waals surface area contributed by atoms with E-state index in [0.717, 1.165) is 11.4 Å². The zero-order chi connectivity index (χ0) is 22.3. The van der Waals surface area contributed by atoms with Gasteiger partial charge in [-0.15, -0.1) is 0 Å². The number of carbonyl (C=O) groups excluding carboxylic acids is 2. The average Bonchev–Trinajstić information content (AvgIpc) is 3.04. The first-order valence-electron chi connectivity index (χ1n) is 9.59. The van der Waals surface area contributed by atoms with Gasteiger partial charge in [0, 0.05) is 35.7 Å². The first-order valence-corrected chi connectivity index (χ1v) is 9.59. The van der Waals surface area contributed by atoms with Crippen LogP contribution in [0.1, 0.15) is 40.3 Å². The lowest BCUT2D eigenvalue weighted by Gasteiger charge is -2.17. The fourth-order valence-corrected chi connectivity index (χ4v) is 3.44. The molecule has 162 valence electrons. The largest absolute Gasteiger partial charge is 0.497 e. The molecule has 0 N–H and O–H groups in total. The number of hydrogen-bond acceptors (Lipinski definition) is 6. The van der Waals surface area contributed by atoms with Crippen molar-refractivity contribution in [2.45, 2.75) is 26.8 Å². The van der Waals surface area contributed by atoms with Crippen LogP contribution in [0.3, 0.4) is 0 Å². The molecule has 7 heteroatoms. The van der Waals surface area contributed by atoms with Crippen molar-refractivity contribution in [1.82, 2.24) is 4.57 Å². The molecule has 0 aliphatic rings. The first-order chi connectivity index (χ1) is 14.3. The highest BCUT2D eigenvalue weighted by molar-refractivity contribution is 6.00. The van der Waals surface area contributed by atoms with Crippen molar-refractivity contribution >= 4 is 17.8 Å². The summed E-state index contributed by atoms with van der Waals surface area (Å²) >= 11 is 0. The SMILES string of the molecule is COC[C@H](C)n1c(C)cc(C(=O)COC(=O)/C=C/c2cc(OC)ccc2OC)c1C. The maximum absolute atomic E-state index is 12.6.